The van der Waals surface area contributed by atoms with Gasteiger partial charge >= 0.3 is 0 Å². The Hall–Kier alpha value is -1.72. The van der Waals surface area contributed by atoms with E-state index in [0.717, 1.165) is 22.0 Å². The number of benzene rings is 1. The third-order valence-electron chi connectivity index (χ3n) is 2.51. The van der Waals surface area contributed by atoms with Gasteiger partial charge in [0.25, 0.3) is 0 Å². The van der Waals surface area contributed by atoms with Crippen LogP contribution in [0.3, 0.4) is 0 Å². The van der Waals surface area contributed by atoms with Crippen LogP contribution >= 0.6 is 11.3 Å². The Labute approximate surface area is 116 Å². The van der Waals surface area contributed by atoms with Crippen LogP contribution in [-0.2, 0) is 22.6 Å². The van der Waals surface area contributed by atoms with Gasteiger partial charge in [-0.1, -0.05) is 12.1 Å². The van der Waals surface area contributed by atoms with E-state index in [-0.39, 0.29) is 12.3 Å². The third kappa shape index (κ3) is 4.15. The molecular weight excluding hydrogens is 260 g/mol. The van der Waals surface area contributed by atoms with Crippen molar-refractivity contribution in [2.45, 2.75) is 20.0 Å². The third-order valence-corrected chi connectivity index (χ3v) is 3.38. The van der Waals surface area contributed by atoms with Crippen molar-refractivity contribution >= 4 is 22.9 Å². The molecule has 2 rings (SSSR count). The lowest BCUT2D eigenvalue weighted by Crippen LogP contribution is -2.14. The van der Waals surface area contributed by atoms with Gasteiger partial charge in [0.1, 0.15) is 5.01 Å². The monoisotopic (exact) mass is 276 g/mol. The highest BCUT2D eigenvalue weighted by molar-refractivity contribution is 7.09. The molecule has 0 atom stereocenters. The number of carbonyl (C=O) groups excluding carboxylic acids is 1. The molecule has 0 unspecified atom stereocenters. The van der Waals surface area contributed by atoms with E-state index in [9.17, 15) is 4.79 Å². The molecule has 0 aliphatic rings. The summed E-state index contributed by atoms with van der Waals surface area (Å²) in [6, 6.07) is 7.73. The van der Waals surface area contributed by atoms with E-state index < -0.39 is 0 Å². The lowest BCUT2D eigenvalue weighted by molar-refractivity contribution is -0.115. The number of amides is 1. The van der Waals surface area contributed by atoms with Gasteiger partial charge in [-0.25, -0.2) is 4.98 Å². The molecule has 0 bridgehead atoms. The lowest BCUT2D eigenvalue weighted by atomic mass is 10.2. The molecule has 0 aliphatic heterocycles. The molecule has 1 heterocycles. The summed E-state index contributed by atoms with van der Waals surface area (Å²) in [4.78, 5) is 16.2. The molecule has 0 spiro atoms. The minimum absolute atomic E-state index is 0.0557. The van der Waals surface area contributed by atoms with Crippen LogP contribution in [0.15, 0.2) is 29.6 Å². The van der Waals surface area contributed by atoms with Crippen LogP contribution in [0, 0.1) is 6.92 Å². The fourth-order valence-electron chi connectivity index (χ4n) is 1.71. The first kappa shape index (κ1) is 13.7. The van der Waals surface area contributed by atoms with Crippen molar-refractivity contribution in [1.29, 1.82) is 0 Å². The van der Waals surface area contributed by atoms with Gasteiger partial charge in [0, 0.05) is 18.2 Å². The Morgan fingerprint density at radius 2 is 2.32 bits per heavy atom. The molecule has 100 valence electrons. The van der Waals surface area contributed by atoms with Crippen molar-refractivity contribution in [1.82, 2.24) is 4.98 Å². The molecule has 19 heavy (non-hydrogen) atoms. The first-order valence-electron chi connectivity index (χ1n) is 5.96. The average Bonchev–Trinajstić information content (AvgIpc) is 2.77. The smallest absolute Gasteiger partial charge is 0.230 e. The zero-order valence-electron chi connectivity index (χ0n) is 11.0. The zero-order chi connectivity index (χ0) is 13.7. The van der Waals surface area contributed by atoms with Crippen molar-refractivity contribution in [2.24, 2.45) is 0 Å². The van der Waals surface area contributed by atoms with E-state index in [4.69, 9.17) is 4.74 Å². The van der Waals surface area contributed by atoms with Crippen molar-refractivity contribution in [3.63, 3.8) is 0 Å². The fourth-order valence-corrected chi connectivity index (χ4v) is 2.48. The first-order valence-corrected chi connectivity index (χ1v) is 6.84. The minimum Gasteiger partial charge on any atom is -0.378 e. The molecule has 4 nitrogen and oxygen atoms in total. The van der Waals surface area contributed by atoms with Crippen LogP contribution in [0.1, 0.15) is 16.3 Å². The maximum absolute atomic E-state index is 11.9. The van der Waals surface area contributed by atoms with Gasteiger partial charge in [-0.2, -0.15) is 0 Å². The summed E-state index contributed by atoms with van der Waals surface area (Å²) >= 11 is 1.51. The van der Waals surface area contributed by atoms with Crippen molar-refractivity contribution in [3.05, 3.63) is 45.9 Å². The van der Waals surface area contributed by atoms with Crippen molar-refractivity contribution < 1.29 is 9.53 Å². The molecule has 0 fully saturated rings. The number of rotatable bonds is 5. The van der Waals surface area contributed by atoms with Crippen LogP contribution in [0.2, 0.25) is 0 Å². The number of carbonyl (C=O) groups is 1. The zero-order valence-corrected chi connectivity index (χ0v) is 11.8. The molecule has 0 saturated heterocycles. The number of hydrogen-bond acceptors (Lipinski definition) is 4. The highest BCUT2D eigenvalue weighted by atomic mass is 32.1. The summed E-state index contributed by atoms with van der Waals surface area (Å²) in [6.07, 6.45) is 0.286. The number of ether oxygens (including phenoxy) is 1. The predicted molar refractivity (Wildman–Crippen MR) is 76.3 cm³/mol. The van der Waals surface area contributed by atoms with Crippen LogP contribution in [-0.4, -0.2) is 18.0 Å². The Bertz CT molecular complexity index is 566. The number of hydrogen-bond donors (Lipinski definition) is 1. The largest absolute Gasteiger partial charge is 0.378 e. The maximum atomic E-state index is 11.9. The van der Waals surface area contributed by atoms with Gasteiger partial charge in [-0.15, -0.1) is 11.3 Å². The molecule has 0 saturated carbocycles. The van der Waals surface area contributed by atoms with E-state index in [1.807, 2.05) is 36.6 Å². The standard InChI is InChI=1S/C14H16N2O2S/c1-10-4-3-5-11(6-10)15-13(17)7-12-9-19-14(16-12)8-18-2/h3-6,9H,7-8H2,1-2H3,(H,15,17). The van der Waals surface area contributed by atoms with Gasteiger partial charge in [-0.05, 0) is 24.6 Å². The number of nitrogens with one attached hydrogen (secondary N) is 1. The highest BCUT2D eigenvalue weighted by Gasteiger charge is 2.08. The predicted octanol–water partition coefficient (Wildman–Crippen LogP) is 2.78. The summed E-state index contributed by atoms with van der Waals surface area (Å²) in [5, 5.41) is 5.65. The molecule has 1 amide bonds. The van der Waals surface area contributed by atoms with E-state index >= 15 is 0 Å². The Balaban J connectivity index is 1.93. The number of methoxy groups -OCH3 is 1. The van der Waals surface area contributed by atoms with Crippen molar-refractivity contribution in [2.75, 3.05) is 12.4 Å². The molecule has 1 aromatic heterocycles. The van der Waals surface area contributed by atoms with Crippen LogP contribution in [0.25, 0.3) is 0 Å². The maximum Gasteiger partial charge on any atom is 0.230 e. The first-order chi connectivity index (χ1) is 9.17. The second-order valence-electron chi connectivity index (χ2n) is 4.26. The van der Waals surface area contributed by atoms with Crippen LogP contribution in [0.4, 0.5) is 5.69 Å². The summed E-state index contributed by atoms with van der Waals surface area (Å²) < 4.78 is 5.00. The molecule has 5 heteroatoms. The fraction of sp³-hybridized carbons (Fsp3) is 0.286. The average molecular weight is 276 g/mol. The molecular formula is C14H16N2O2S. The summed E-state index contributed by atoms with van der Waals surface area (Å²) in [6.45, 7) is 2.48. The van der Waals surface area contributed by atoms with Crippen LogP contribution in [0.5, 0.6) is 0 Å². The van der Waals surface area contributed by atoms with E-state index in [2.05, 4.69) is 10.3 Å². The van der Waals surface area contributed by atoms with Gasteiger partial charge in [0.05, 0.1) is 18.7 Å². The Morgan fingerprint density at radius 3 is 3.05 bits per heavy atom. The molecule has 1 aromatic carbocycles. The summed E-state index contributed by atoms with van der Waals surface area (Å²) in [7, 11) is 1.63. The number of aryl methyl sites for hydroxylation is 1. The second-order valence-corrected chi connectivity index (χ2v) is 5.20. The summed E-state index contributed by atoms with van der Waals surface area (Å²) in [5.41, 5.74) is 2.72. The van der Waals surface area contributed by atoms with Gasteiger partial charge < -0.3 is 10.1 Å². The molecule has 0 aliphatic carbocycles. The van der Waals surface area contributed by atoms with Gasteiger partial charge in [-0.3, -0.25) is 4.79 Å². The van der Waals surface area contributed by atoms with E-state index in [1.165, 1.54) is 11.3 Å². The van der Waals surface area contributed by atoms with Gasteiger partial charge in [0.15, 0.2) is 0 Å². The number of thiazole rings is 1. The van der Waals surface area contributed by atoms with Crippen molar-refractivity contribution in [3.8, 4) is 0 Å². The Morgan fingerprint density at radius 1 is 1.47 bits per heavy atom. The topological polar surface area (TPSA) is 51.2 Å². The van der Waals surface area contributed by atoms with E-state index in [1.54, 1.807) is 7.11 Å². The number of anilines is 1. The summed E-state index contributed by atoms with van der Waals surface area (Å²) in [5.74, 6) is -0.0557. The highest BCUT2D eigenvalue weighted by Crippen LogP contribution is 2.13. The van der Waals surface area contributed by atoms with E-state index in [0.29, 0.717) is 6.61 Å². The SMILES string of the molecule is COCc1nc(CC(=O)Nc2cccc(C)c2)cs1. The molecule has 0 radical (unpaired) electrons. The number of nitrogens with zero attached hydrogens (tertiary/aromatic N) is 1. The molecule has 2 aromatic rings. The number of aromatic nitrogens is 1. The molecule has 1 N–H and O–H groups in total. The Kier molecular flexibility index (Phi) is 4.65. The quantitative estimate of drug-likeness (QED) is 0.913. The normalized spacial score (nSPS) is 10.4. The second kappa shape index (κ2) is 6.45. The van der Waals surface area contributed by atoms with Crippen LogP contribution < -0.4 is 5.32 Å². The lowest BCUT2D eigenvalue weighted by Gasteiger charge is -2.04. The van der Waals surface area contributed by atoms with Gasteiger partial charge in [0.2, 0.25) is 5.91 Å². The minimum atomic E-state index is -0.0557.